The minimum Gasteiger partial charge on any atom is -0.376 e. The van der Waals surface area contributed by atoms with Gasteiger partial charge in [-0.25, -0.2) is 5.43 Å². The number of hydrazone groups is 1. The largest absolute Gasteiger partial charge is 0.376 e. The Bertz CT molecular complexity index is 643. The number of aromatic nitrogens is 1. The standard InChI is InChI=1S/C15H15IN4O/c1-11-8-13(2-3-14(11)16)18-10-15(21)20-19-9-12-4-6-17-7-5-12/h2-9,18H,10H2,1H3,(H,20,21)/b19-9-. The summed E-state index contributed by atoms with van der Waals surface area (Å²) in [7, 11) is 0. The second-order valence-corrected chi connectivity index (χ2v) is 5.55. The van der Waals surface area contributed by atoms with Crippen LogP contribution in [-0.4, -0.2) is 23.7 Å². The SMILES string of the molecule is Cc1cc(NCC(=O)N/N=C\c2ccncc2)ccc1I. The molecule has 0 atom stereocenters. The van der Waals surface area contributed by atoms with Crippen molar-refractivity contribution in [1.29, 1.82) is 0 Å². The molecule has 0 saturated heterocycles. The van der Waals surface area contributed by atoms with Gasteiger partial charge in [0.25, 0.3) is 5.91 Å². The number of pyridine rings is 1. The van der Waals surface area contributed by atoms with Gasteiger partial charge >= 0.3 is 0 Å². The van der Waals surface area contributed by atoms with Gasteiger partial charge in [0.2, 0.25) is 0 Å². The quantitative estimate of drug-likeness (QED) is 0.466. The van der Waals surface area contributed by atoms with E-state index in [9.17, 15) is 4.79 Å². The minimum atomic E-state index is -0.198. The minimum absolute atomic E-state index is 0.174. The molecule has 0 aliphatic carbocycles. The number of carbonyl (C=O) groups is 1. The fourth-order valence-corrected chi connectivity index (χ4v) is 1.94. The van der Waals surface area contributed by atoms with Crippen LogP contribution in [0.25, 0.3) is 0 Å². The molecule has 1 aromatic heterocycles. The Kier molecular flexibility index (Phi) is 5.68. The van der Waals surface area contributed by atoms with E-state index in [1.807, 2.05) is 37.3 Å². The average molecular weight is 394 g/mol. The Morgan fingerprint density at radius 2 is 2.10 bits per heavy atom. The van der Waals surface area contributed by atoms with Crippen molar-refractivity contribution in [3.05, 3.63) is 57.4 Å². The van der Waals surface area contributed by atoms with Crippen LogP contribution in [0.4, 0.5) is 5.69 Å². The molecule has 1 aromatic carbocycles. The molecule has 0 bridgehead atoms. The zero-order valence-electron chi connectivity index (χ0n) is 11.5. The second-order valence-electron chi connectivity index (χ2n) is 4.39. The third-order valence-corrected chi connectivity index (χ3v) is 3.93. The Labute approximate surface area is 137 Å². The summed E-state index contributed by atoms with van der Waals surface area (Å²) < 4.78 is 1.20. The Morgan fingerprint density at radius 1 is 1.33 bits per heavy atom. The monoisotopic (exact) mass is 394 g/mol. The highest BCUT2D eigenvalue weighted by molar-refractivity contribution is 14.1. The number of amides is 1. The molecule has 0 spiro atoms. The van der Waals surface area contributed by atoms with Gasteiger partial charge in [-0.2, -0.15) is 5.10 Å². The second kappa shape index (κ2) is 7.72. The molecule has 21 heavy (non-hydrogen) atoms. The van der Waals surface area contributed by atoms with E-state index in [-0.39, 0.29) is 12.5 Å². The molecule has 2 N–H and O–H groups in total. The highest BCUT2D eigenvalue weighted by Gasteiger charge is 2.01. The maximum Gasteiger partial charge on any atom is 0.259 e. The molecule has 0 saturated carbocycles. The van der Waals surface area contributed by atoms with Gasteiger partial charge in [-0.3, -0.25) is 9.78 Å². The van der Waals surface area contributed by atoms with Crippen molar-refractivity contribution < 1.29 is 4.79 Å². The third kappa shape index (κ3) is 5.14. The zero-order chi connectivity index (χ0) is 15.1. The first-order chi connectivity index (χ1) is 10.1. The number of anilines is 1. The van der Waals surface area contributed by atoms with E-state index in [1.165, 1.54) is 9.13 Å². The number of nitrogens with one attached hydrogen (secondary N) is 2. The molecule has 0 radical (unpaired) electrons. The molecule has 6 heteroatoms. The van der Waals surface area contributed by atoms with Crippen molar-refractivity contribution in [2.75, 3.05) is 11.9 Å². The van der Waals surface area contributed by atoms with Crippen LogP contribution in [0, 0.1) is 10.5 Å². The lowest BCUT2D eigenvalue weighted by molar-refractivity contribution is -0.119. The van der Waals surface area contributed by atoms with E-state index < -0.39 is 0 Å². The van der Waals surface area contributed by atoms with Crippen LogP contribution in [-0.2, 0) is 4.79 Å². The average Bonchev–Trinajstić information content (AvgIpc) is 2.49. The van der Waals surface area contributed by atoms with Gasteiger partial charge in [0.1, 0.15) is 0 Å². The lowest BCUT2D eigenvalue weighted by atomic mass is 10.2. The summed E-state index contributed by atoms with van der Waals surface area (Å²) in [5.41, 5.74) is 5.45. The van der Waals surface area contributed by atoms with Gasteiger partial charge < -0.3 is 5.32 Å². The van der Waals surface area contributed by atoms with Crippen molar-refractivity contribution in [3.63, 3.8) is 0 Å². The van der Waals surface area contributed by atoms with E-state index in [1.54, 1.807) is 18.6 Å². The fourth-order valence-electron chi connectivity index (χ4n) is 1.60. The summed E-state index contributed by atoms with van der Waals surface area (Å²) in [6, 6.07) is 9.58. The van der Waals surface area contributed by atoms with Crippen LogP contribution in [0.2, 0.25) is 0 Å². The normalized spacial score (nSPS) is 10.6. The molecule has 1 heterocycles. The van der Waals surface area contributed by atoms with Crippen molar-refractivity contribution in [2.24, 2.45) is 5.10 Å². The summed E-state index contributed by atoms with van der Waals surface area (Å²) in [5.74, 6) is -0.198. The van der Waals surface area contributed by atoms with E-state index >= 15 is 0 Å². The number of rotatable bonds is 5. The topological polar surface area (TPSA) is 66.4 Å². The summed E-state index contributed by atoms with van der Waals surface area (Å²) in [6.45, 7) is 2.21. The van der Waals surface area contributed by atoms with Crippen molar-refractivity contribution in [3.8, 4) is 0 Å². The Hall–Kier alpha value is -1.96. The highest BCUT2D eigenvalue weighted by atomic mass is 127. The van der Waals surface area contributed by atoms with E-state index in [4.69, 9.17) is 0 Å². The maximum absolute atomic E-state index is 11.7. The first-order valence-electron chi connectivity index (χ1n) is 6.37. The number of aryl methyl sites for hydroxylation is 1. The number of halogens is 1. The number of carbonyl (C=O) groups excluding carboxylic acids is 1. The third-order valence-electron chi connectivity index (χ3n) is 2.72. The van der Waals surface area contributed by atoms with Crippen LogP contribution in [0.5, 0.6) is 0 Å². The van der Waals surface area contributed by atoms with Crippen LogP contribution in [0.3, 0.4) is 0 Å². The van der Waals surface area contributed by atoms with Crippen LogP contribution >= 0.6 is 22.6 Å². The molecule has 2 rings (SSSR count). The maximum atomic E-state index is 11.7. The first kappa shape index (κ1) is 15.4. The molecular formula is C15H15IN4O. The van der Waals surface area contributed by atoms with E-state index in [2.05, 4.69) is 43.4 Å². The van der Waals surface area contributed by atoms with Crippen molar-refractivity contribution in [2.45, 2.75) is 6.92 Å². The number of hydrogen-bond donors (Lipinski definition) is 2. The van der Waals surface area contributed by atoms with Crippen LogP contribution in [0.15, 0.2) is 47.8 Å². The molecule has 108 valence electrons. The number of hydrogen-bond acceptors (Lipinski definition) is 4. The molecule has 0 aliphatic heterocycles. The molecule has 5 nitrogen and oxygen atoms in total. The summed E-state index contributed by atoms with van der Waals surface area (Å²) >= 11 is 2.28. The molecule has 0 fully saturated rings. The lowest BCUT2D eigenvalue weighted by Crippen LogP contribution is -2.25. The molecular weight excluding hydrogens is 379 g/mol. The molecule has 0 aliphatic rings. The summed E-state index contributed by atoms with van der Waals surface area (Å²) in [5, 5.41) is 6.95. The van der Waals surface area contributed by atoms with Gasteiger partial charge in [0.15, 0.2) is 0 Å². The molecule has 1 amide bonds. The predicted molar refractivity (Wildman–Crippen MR) is 92.4 cm³/mol. The zero-order valence-corrected chi connectivity index (χ0v) is 13.7. The van der Waals surface area contributed by atoms with Gasteiger partial charge in [-0.1, -0.05) is 0 Å². The number of benzene rings is 1. The predicted octanol–water partition coefficient (Wildman–Crippen LogP) is 2.56. The number of nitrogens with zero attached hydrogens (tertiary/aromatic N) is 2. The summed E-state index contributed by atoms with van der Waals surface area (Å²) in [6.07, 6.45) is 4.92. The van der Waals surface area contributed by atoms with Crippen LogP contribution in [0.1, 0.15) is 11.1 Å². The Balaban J connectivity index is 1.79. The van der Waals surface area contributed by atoms with E-state index in [0.717, 1.165) is 11.3 Å². The van der Waals surface area contributed by atoms with Crippen LogP contribution < -0.4 is 10.7 Å². The van der Waals surface area contributed by atoms with Crippen molar-refractivity contribution in [1.82, 2.24) is 10.4 Å². The van der Waals surface area contributed by atoms with Crippen molar-refractivity contribution >= 4 is 40.4 Å². The Morgan fingerprint density at radius 3 is 2.81 bits per heavy atom. The summed E-state index contributed by atoms with van der Waals surface area (Å²) in [4.78, 5) is 15.6. The van der Waals surface area contributed by atoms with E-state index in [0.29, 0.717) is 0 Å². The molecule has 2 aromatic rings. The van der Waals surface area contributed by atoms with Gasteiger partial charge in [0, 0.05) is 21.7 Å². The van der Waals surface area contributed by atoms with Gasteiger partial charge in [-0.15, -0.1) is 0 Å². The highest BCUT2D eigenvalue weighted by Crippen LogP contribution is 2.16. The lowest BCUT2D eigenvalue weighted by Gasteiger charge is -2.07. The molecule has 0 unspecified atom stereocenters. The first-order valence-corrected chi connectivity index (χ1v) is 7.45. The van der Waals surface area contributed by atoms with Gasteiger partial charge in [-0.05, 0) is 71.0 Å². The smallest absolute Gasteiger partial charge is 0.259 e. The fraction of sp³-hybridized carbons (Fsp3) is 0.133. The van der Waals surface area contributed by atoms with Gasteiger partial charge in [0.05, 0.1) is 12.8 Å².